The van der Waals surface area contributed by atoms with Crippen LogP contribution in [0.4, 0.5) is 0 Å². The van der Waals surface area contributed by atoms with Crippen molar-refractivity contribution in [2.24, 2.45) is 0 Å². The number of ether oxygens (including phenoxy) is 1. The molecule has 4 nitrogen and oxygen atoms in total. The lowest BCUT2D eigenvalue weighted by atomic mass is 9.94. The third-order valence-electron chi connectivity index (χ3n) is 3.08. The molecule has 1 fully saturated rings. The van der Waals surface area contributed by atoms with Gasteiger partial charge in [-0.05, 0) is 48.3 Å². The second-order valence-electron chi connectivity index (χ2n) is 4.24. The molecule has 1 saturated heterocycles. The van der Waals surface area contributed by atoms with E-state index in [1.165, 1.54) is 0 Å². The first kappa shape index (κ1) is 11.7. The molecule has 1 aromatic heterocycles. The van der Waals surface area contributed by atoms with Gasteiger partial charge in [0, 0.05) is 6.61 Å². The second-order valence-corrected chi connectivity index (χ2v) is 5.02. The van der Waals surface area contributed by atoms with Crippen LogP contribution in [0.25, 0.3) is 0 Å². The number of halogens is 1. The molecule has 0 bridgehead atoms. The molecule has 0 spiro atoms. The maximum atomic E-state index is 11.9. The van der Waals surface area contributed by atoms with Crippen LogP contribution in [0.2, 0.25) is 0 Å². The van der Waals surface area contributed by atoms with Crippen molar-refractivity contribution >= 4 is 21.8 Å². The van der Waals surface area contributed by atoms with Gasteiger partial charge >= 0.3 is 0 Å². The Bertz CT molecular complexity index is 404. The van der Waals surface area contributed by atoms with E-state index >= 15 is 0 Å². The monoisotopic (exact) mass is 287 g/mol. The predicted octanol–water partition coefficient (Wildman–Crippen LogP) is 2.34. The summed E-state index contributed by atoms with van der Waals surface area (Å²) in [6, 6.07) is 3.34. The second kappa shape index (κ2) is 4.22. The van der Waals surface area contributed by atoms with E-state index in [1.54, 1.807) is 12.1 Å². The summed E-state index contributed by atoms with van der Waals surface area (Å²) in [5.41, 5.74) is -0.309. The van der Waals surface area contributed by atoms with E-state index in [1.807, 2.05) is 13.8 Å². The Kier molecular flexibility index (Phi) is 3.08. The molecule has 1 aliphatic rings. The van der Waals surface area contributed by atoms with Gasteiger partial charge in [0.15, 0.2) is 10.4 Å². The normalized spacial score (nSPS) is 29.3. The largest absolute Gasteiger partial charge is 0.444 e. The quantitative estimate of drug-likeness (QED) is 0.908. The van der Waals surface area contributed by atoms with E-state index in [0.717, 1.165) is 6.42 Å². The molecule has 1 N–H and O–H groups in total. The molecule has 0 radical (unpaired) electrons. The van der Waals surface area contributed by atoms with Gasteiger partial charge in [0.2, 0.25) is 0 Å². The van der Waals surface area contributed by atoms with Gasteiger partial charge in [-0.2, -0.15) is 0 Å². The molecule has 2 rings (SSSR count). The summed E-state index contributed by atoms with van der Waals surface area (Å²) < 4.78 is 11.2. The Morgan fingerprint density at radius 2 is 2.38 bits per heavy atom. The number of rotatable bonds is 2. The maximum Gasteiger partial charge on any atom is 0.287 e. The summed E-state index contributed by atoms with van der Waals surface area (Å²) in [6.45, 7) is 4.63. The van der Waals surface area contributed by atoms with Crippen molar-refractivity contribution in [1.82, 2.24) is 5.32 Å². The van der Waals surface area contributed by atoms with Gasteiger partial charge in [0.1, 0.15) is 0 Å². The van der Waals surface area contributed by atoms with E-state index < -0.39 is 0 Å². The number of hydrogen-bond donors (Lipinski definition) is 1. The zero-order valence-corrected chi connectivity index (χ0v) is 10.8. The molecular formula is C11H14BrNO3. The van der Waals surface area contributed by atoms with Crippen molar-refractivity contribution in [2.75, 3.05) is 6.61 Å². The van der Waals surface area contributed by atoms with E-state index in [2.05, 4.69) is 21.2 Å². The van der Waals surface area contributed by atoms with Crippen molar-refractivity contribution < 1.29 is 13.9 Å². The average Bonchev–Trinajstić information content (AvgIpc) is 2.76. The first-order valence-electron chi connectivity index (χ1n) is 5.21. The number of furan rings is 1. The van der Waals surface area contributed by atoms with Crippen LogP contribution >= 0.6 is 15.9 Å². The molecule has 88 valence electrons. The Morgan fingerprint density at radius 1 is 1.62 bits per heavy atom. The molecule has 0 saturated carbocycles. The highest BCUT2D eigenvalue weighted by molar-refractivity contribution is 9.10. The Balaban J connectivity index is 2.07. The van der Waals surface area contributed by atoms with Gasteiger partial charge in [0.05, 0.1) is 11.6 Å². The molecule has 2 atom stereocenters. The van der Waals surface area contributed by atoms with Gasteiger partial charge in [-0.3, -0.25) is 4.79 Å². The minimum absolute atomic E-state index is 0.0230. The number of amides is 1. The maximum absolute atomic E-state index is 11.9. The lowest BCUT2D eigenvalue weighted by Crippen LogP contribution is -2.50. The van der Waals surface area contributed by atoms with Crippen LogP contribution in [0.3, 0.4) is 0 Å². The van der Waals surface area contributed by atoms with Gasteiger partial charge in [-0.15, -0.1) is 0 Å². The summed E-state index contributed by atoms with van der Waals surface area (Å²) in [7, 11) is 0. The molecule has 2 heterocycles. The molecule has 0 aliphatic carbocycles. The van der Waals surface area contributed by atoms with E-state index in [-0.39, 0.29) is 17.6 Å². The summed E-state index contributed by atoms with van der Waals surface area (Å²) in [6.07, 6.45) is 0.844. The highest BCUT2D eigenvalue weighted by Gasteiger charge is 2.38. The fraction of sp³-hybridized carbons (Fsp3) is 0.545. The summed E-state index contributed by atoms with van der Waals surface area (Å²) in [5.74, 6) is 0.109. The van der Waals surface area contributed by atoms with Crippen molar-refractivity contribution in [3.8, 4) is 0 Å². The molecule has 2 unspecified atom stereocenters. The molecule has 1 amide bonds. The first-order valence-corrected chi connectivity index (χ1v) is 6.00. The summed E-state index contributed by atoms with van der Waals surface area (Å²) in [4.78, 5) is 11.9. The predicted molar refractivity (Wildman–Crippen MR) is 62.3 cm³/mol. The van der Waals surface area contributed by atoms with Crippen LogP contribution in [-0.2, 0) is 4.74 Å². The third-order valence-corrected chi connectivity index (χ3v) is 3.51. The number of carbonyl (C=O) groups is 1. The molecular weight excluding hydrogens is 274 g/mol. The van der Waals surface area contributed by atoms with Crippen molar-refractivity contribution in [3.05, 3.63) is 22.6 Å². The Labute approximate surface area is 102 Å². The van der Waals surface area contributed by atoms with Crippen LogP contribution in [-0.4, -0.2) is 24.2 Å². The van der Waals surface area contributed by atoms with Crippen LogP contribution in [0.15, 0.2) is 21.2 Å². The summed E-state index contributed by atoms with van der Waals surface area (Å²) >= 11 is 3.17. The molecule has 5 heteroatoms. The highest BCUT2D eigenvalue weighted by atomic mass is 79.9. The zero-order chi connectivity index (χ0) is 11.8. The average molecular weight is 288 g/mol. The Morgan fingerprint density at radius 3 is 2.88 bits per heavy atom. The van der Waals surface area contributed by atoms with Crippen molar-refractivity contribution in [2.45, 2.75) is 31.9 Å². The SMILES string of the molecule is CC1OCCC1(C)NC(=O)c1ccc(Br)o1. The molecule has 1 aromatic rings. The highest BCUT2D eigenvalue weighted by Crippen LogP contribution is 2.25. The van der Waals surface area contributed by atoms with Gasteiger partial charge in [0.25, 0.3) is 5.91 Å². The fourth-order valence-corrected chi connectivity index (χ4v) is 2.06. The number of carbonyl (C=O) groups excluding carboxylic acids is 1. The smallest absolute Gasteiger partial charge is 0.287 e. The van der Waals surface area contributed by atoms with E-state index in [4.69, 9.17) is 9.15 Å². The van der Waals surface area contributed by atoms with E-state index in [9.17, 15) is 4.79 Å². The third kappa shape index (κ3) is 2.15. The van der Waals surface area contributed by atoms with Gasteiger partial charge in [-0.1, -0.05) is 0 Å². The number of nitrogens with one attached hydrogen (secondary N) is 1. The van der Waals surface area contributed by atoms with Crippen molar-refractivity contribution in [3.63, 3.8) is 0 Å². The van der Waals surface area contributed by atoms with Crippen LogP contribution < -0.4 is 5.32 Å². The lowest BCUT2D eigenvalue weighted by Gasteiger charge is -2.28. The summed E-state index contributed by atoms with van der Waals surface area (Å²) in [5, 5.41) is 2.96. The molecule has 16 heavy (non-hydrogen) atoms. The van der Waals surface area contributed by atoms with E-state index in [0.29, 0.717) is 17.0 Å². The van der Waals surface area contributed by atoms with Gasteiger partial charge < -0.3 is 14.5 Å². The number of hydrogen-bond acceptors (Lipinski definition) is 3. The van der Waals surface area contributed by atoms with Crippen LogP contribution in [0.1, 0.15) is 30.8 Å². The van der Waals surface area contributed by atoms with Crippen LogP contribution in [0, 0.1) is 0 Å². The zero-order valence-electron chi connectivity index (χ0n) is 9.25. The molecule has 0 aromatic carbocycles. The van der Waals surface area contributed by atoms with Crippen molar-refractivity contribution in [1.29, 1.82) is 0 Å². The first-order chi connectivity index (χ1) is 7.51. The van der Waals surface area contributed by atoms with Crippen LogP contribution in [0.5, 0.6) is 0 Å². The lowest BCUT2D eigenvalue weighted by molar-refractivity contribution is 0.0708. The Hall–Kier alpha value is -0.810. The minimum Gasteiger partial charge on any atom is -0.444 e. The standard InChI is InChI=1S/C11H14BrNO3/c1-7-11(2,5-6-15-7)13-10(14)8-3-4-9(12)16-8/h3-4,7H,5-6H2,1-2H3,(H,13,14). The minimum atomic E-state index is -0.309. The fourth-order valence-electron chi connectivity index (χ4n) is 1.76. The van der Waals surface area contributed by atoms with Gasteiger partial charge in [-0.25, -0.2) is 0 Å². The topological polar surface area (TPSA) is 51.5 Å². The molecule has 1 aliphatic heterocycles.